The molecule has 0 aliphatic rings. The van der Waals surface area contributed by atoms with Gasteiger partial charge in [-0.3, -0.25) is 4.57 Å². The lowest BCUT2D eigenvalue weighted by molar-refractivity contribution is 0.540. The molecule has 4 heteroatoms. The van der Waals surface area contributed by atoms with E-state index in [4.69, 9.17) is 5.73 Å². The van der Waals surface area contributed by atoms with Crippen molar-refractivity contribution >= 4 is 10.8 Å². The predicted molar refractivity (Wildman–Crippen MR) is 88.8 cm³/mol. The summed E-state index contributed by atoms with van der Waals surface area (Å²) >= 11 is 0. The highest BCUT2D eigenvalue weighted by molar-refractivity contribution is 5.86. The molecule has 3 aromatic rings. The fourth-order valence-corrected chi connectivity index (χ4v) is 2.87. The molecule has 0 aliphatic heterocycles. The summed E-state index contributed by atoms with van der Waals surface area (Å²) in [5.74, 6) is 0. The number of aromatic nitrogens is 2. The predicted octanol–water partition coefficient (Wildman–Crippen LogP) is 2.71. The number of rotatable bonds is 3. The zero-order valence-electron chi connectivity index (χ0n) is 12.8. The molecule has 3 rings (SSSR count). The van der Waals surface area contributed by atoms with Crippen molar-refractivity contribution in [2.45, 2.75) is 26.4 Å². The molecule has 2 N–H and O–H groups in total. The Kier molecular flexibility index (Phi) is 3.77. The van der Waals surface area contributed by atoms with E-state index in [0.717, 1.165) is 27.7 Å². The standard InChI is InChI=1S/C18H19N3O/c1-12-10-13(2)21(18(22)20-12)11-17(19)16-9-5-7-14-6-3-4-8-15(14)16/h3-10,17H,11,19H2,1-2H3. The van der Waals surface area contributed by atoms with Crippen molar-refractivity contribution in [1.82, 2.24) is 9.55 Å². The summed E-state index contributed by atoms with van der Waals surface area (Å²) in [6, 6.07) is 15.9. The first-order valence-electron chi connectivity index (χ1n) is 7.34. The van der Waals surface area contributed by atoms with E-state index in [9.17, 15) is 4.79 Å². The van der Waals surface area contributed by atoms with Crippen molar-refractivity contribution in [3.8, 4) is 0 Å². The summed E-state index contributed by atoms with van der Waals surface area (Å²) in [6.45, 7) is 4.15. The number of hydrogen-bond acceptors (Lipinski definition) is 3. The molecule has 0 fully saturated rings. The molecule has 1 heterocycles. The third kappa shape index (κ3) is 2.65. The van der Waals surface area contributed by atoms with Gasteiger partial charge in [-0.1, -0.05) is 42.5 Å². The van der Waals surface area contributed by atoms with Crippen molar-refractivity contribution in [3.05, 3.63) is 76.0 Å². The number of nitrogens with zero attached hydrogens (tertiary/aromatic N) is 2. The SMILES string of the molecule is Cc1cc(C)n(CC(N)c2cccc3ccccc23)c(=O)n1. The molecule has 0 bridgehead atoms. The summed E-state index contributed by atoms with van der Waals surface area (Å²) in [5.41, 5.74) is 8.80. The molecule has 0 aliphatic carbocycles. The number of aryl methyl sites for hydroxylation is 2. The van der Waals surface area contributed by atoms with Gasteiger partial charge >= 0.3 is 5.69 Å². The Labute approximate surface area is 129 Å². The highest BCUT2D eigenvalue weighted by Crippen LogP contribution is 2.23. The zero-order valence-corrected chi connectivity index (χ0v) is 12.8. The second-order valence-electron chi connectivity index (χ2n) is 5.61. The average molecular weight is 293 g/mol. The van der Waals surface area contributed by atoms with Crippen LogP contribution in [0.5, 0.6) is 0 Å². The Balaban J connectivity index is 2.01. The van der Waals surface area contributed by atoms with E-state index in [1.54, 1.807) is 4.57 Å². The normalized spacial score (nSPS) is 12.5. The van der Waals surface area contributed by atoms with Crippen LogP contribution in [0.25, 0.3) is 10.8 Å². The summed E-state index contributed by atoms with van der Waals surface area (Å²) in [4.78, 5) is 16.1. The Morgan fingerprint density at radius 2 is 1.86 bits per heavy atom. The Morgan fingerprint density at radius 1 is 1.14 bits per heavy atom. The van der Waals surface area contributed by atoms with E-state index in [0.29, 0.717) is 6.54 Å². The molecular formula is C18H19N3O. The molecule has 1 unspecified atom stereocenters. The molecular weight excluding hydrogens is 274 g/mol. The maximum atomic E-state index is 12.1. The minimum absolute atomic E-state index is 0.242. The molecule has 0 radical (unpaired) electrons. The molecule has 0 spiro atoms. The third-order valence-electron chi connectivity index (χ3n) is 3.95. The van der Waals surface area contributed by atoms with E-state index < -0.39 is 0 Å². The van der Waals surface area contributed by atoms with Crippen LogP contribution in [0.15, 0.2) is 53.3 Å². The molecule has 1 atom stereocenters. The van der Waals surface area contributed by atoms with Crippen LogP contribution in [0.2, 0.25) is 0 Å². The van der Waals surface area contributed by atoms with Crippen molar-refractivity contribution in [1.29, 1.82) is 0 Å². The van der Waals surface area contributed by atoms with Gasteiger partial charge in [0.2, 0.25) is 0 Å². The van der Waals surface area contributed by atoms with Gasteiger partial charge < -0.3 is 5.73 Å². The van der Waals surface area contributed by atoms with E-state index in [1.807, 2.05) is 44.2 Å². The quantitative estimate of drug-likeness (QED) is 0.807. The first-order chi connectivity index (χ1) is 10.6. The number of nitrogens with two attached hydrogens (primary N) is 1. The fraction of sp³-hybridized carbons (Fsp3) is 0.222. The van der Waals surface area contributed by atoms with Gasteiger partial charge in [0.1, 0.15) is 0 Å². The minimum atomic E-state index is -0.257. The molecule has 0 saturated carbocycles. The minimum Gasteiger partial charge on any atom is -0.322 e. The third-order valence-corrected chi connectivity index (χ3v) is 3.95. The Bertz CT molecular complexity index is 878. The largest absolute Gasteiger partial charge is 0.348 e. The van der Waals surface area contributed by atoms with Crippen LogP contribution < -0.4 is 11.4 Å². The maximum Gasteiger partial charge on any atom is 0.348 e. The van der Waals surface area contributed by atoms with Gasteiger partial charge in [0.05, 0.1) is 0 Å². The lowest BCUT2D eigenvalue weighted by atomic mass is 9.99. The van der Waals surface area contributed by atoms with Crippen molar-refractivity contribution in [2.24, 2.45) is 5.73 Å². The van der Waals surface area contributed by atoms with E-state index in [1.165, 1.54) is 0 Å². The molecule has 4 nitrogen and oxygen atoms in total. The second kappa shape index (κ2) is 5.73. The summed E-state index contributed by atoms with van der Waals surface area (Å²) in [6.07, 6.45) is 0. The van der Waals surface area contributed by atoms with Gasteiger partial charge in [0.25, 0.3) is 0 Å². The second-order valence-corrected chi connectivity index (χ2v) is 5.61. The van der Waals surface area contributed by atoms with Gasteiger partial charge in [-0.25, -0.2) is 4.79 Å². The molecule has 2 aromatic carbocycles. The van der Waals surface area contributed by atoms with Crippen LogP contribution in [0.3, 0.4) is 0 Å². The van der Waals surface area contributed by atoms with Crippen LogP contribution >= 0.6 is 0 Å². The molecule has 112 valence electrons. The lowest BCUT2D eigenvalue weighted by Crippen LogP contribution is -2.30. The van der Waals surface area contributed by atoms with Gasteiger partial charge in [0.15, 0.2) is 0 Å². The first-order valence-corrected chi connectivity index (χ1v) is 7.34. The van der Waals surface area contributed by atoms with Crippen molar-refractivity contribution in [3.63, 3.8) is 0 Å². The molecule has 0 saturated heterocycles. The van der Waals surface area contributed by atoms with Crippen molar-refractivity contribution in [2.75, 3.05) is 0 Å². The summed E-state index contributed by atoms with van der Waals surface area (Å²) < 4.78 is 1.64. The van der Waals surface area contributed by atoms with Gasteiger partial charge in [0, 0.05) is 24.0 Å². The number of fused-ring (bicyclic) bond motifs is 1. The van der Waals surface area contributed by atoms with E-state index in [2.05, 4.69) is 23.2 Å². The molecule has 1 aromatic heterocycles. The summed E-state index contributed by atoms with van der Waals surface area (Å²) in [7, 11) is 0. The number of benzene rings is 2. The van der Waals surface area contributed by atoms with Crippen LogP contribution in [-0.4, -0.2) is 9.55 Å². The zero-order chi connectivity index (χ0) is 15.7. The van der Waals surface area contributed by atoms with Crippen LogP contribution in [0, 0.1) is 13.8 Å². The maximum absolute atomic E-state index is 12.1. The molecule has 0 amide bonds. The van der Waals surface area contributed by atoms with Gasteiger partial charge in [-0.05, 0) is 36.2 Å². The Hall–Kier alpha value is -2.46. The highest BCUT2D eigenvalue weighted by Gasteiger charge is 2.13. The lowest BCUT2D eigenvalue weighted by Gasteiger charge is -2.17. The number of hydrogen-bond donors (Lipinski definition) is 1. The smallest absolute Gasteiger partial charge is 0.322 e. The summed E-state index contributed by atoms with van der Waals surface area (Å²) in [5, 5.41) is 2.28. The fourth-order valence-electron chi connectivity index (χ4n) is 2.87. The molecule has 22 heavy (non-hydrogen) atoms. The van der Waals surface area contributed by atoms with Gasteiger partial charge in [-0.15, -0.1) is 0 Å². The van der Waals surface area contributed by atoms with E-state index >= 15 is 0 Å². The van der Waals surface area contributed by atoms with Gasteiger partial charge in [-0.2, -0.15) is 4.98 Å². The van der Waals surface area contributed by atoms with E-state index in [-0.39, 0.29) is 11.7 Å². The first kappa shape index (κ1) is 14.5. The topological polar surface area (TPSA) is 60.9 Å². The highest BCUT2D eigenvalue weighted by atomic mass is 16.1. The average Bonchev–Trinajstić information content (AvgIpc) is 2.50. The van der Waals surface area contributed by atoms with Crippen LogP contribution in [-0.2, 0) is 6.54 Å². The van der Waals surface area contributed by atoms with Crippen LogP contribution in [0.1, 0.15) is 23.0 Å². The van der Waals surface area contributed by atoms with Crippen molar-refractivity contribution < 1.29 is 0 Å². The monoisotopic (exact) mass is 293 g/mol. The Morgan fingerprint density at radius 3 is 2.64 bits per heavy atom. The van der Waals surface area contributed by atoms with Crippen LogP contribution in [0.4, 0.5) is 0 Å².